The summed E-state index contributed by atoms with van der Waals surface area (Å²) in [6.45, 7) is 2.24. The highest BCUT2D eigenvalue weighted by Crippen LogP contribution is 2.35. The van der Waals surface area contributed by atoms with Crippen LogP contribution in [-0.2, 0) is 16.4 Å². The molecule has 3 rings (SSSR count). The molecule has 1 aliphatic rings. The predicted molar refractivity (Wildman–Crippen MR) is 78.2 cm³/mol. The van der Waals surface area contributed by atoms with Crippen LogP contribution in [0, 0.1) is 0 Å². The normalized spacial score (nSPS) is 18.7. The Balaban J connectivity index is 2.02. The fraction of sp³-hybridized carbons (Fsp3) is 0.400. The smallest absolute Gasteiger partial charge is 0.277 e. The molecule has 112 valence electrons. The Bertz CT molecular complexity index is 710. The van der Waals surface area contributed by atoms with Crippen LogP contribution in [-0.4, -0.2) is 24.3 Å². The van der Waals surface area contributed by atoms with Gasteiger partial charge in [0.05, 0.1) is 18.0 Å². The first kappa shape index (κ1) is 14.3. The molecular weight excluding hydrogens is 288 g/mol. The second-order valence-electron chi connectivity index (χ2n) is 5.10. The van der Waals surface area contributed by atoms with Gasteiger partial charge in [-0.3, -0.25) is 4.98 Å². The van der Waals surface area contributed by atoms with Gasteiger partial charge in [-0.05, 0) is 43.0 Å². The van der Waals surface area contributed by atoms with E-state index in [-0.39, 0.29) is 11.1 Å². The number of hydrogen-bond acceptors (Lipinski definition) is 4. The van der Waals surface area contributed by atoms with Gasteiger partial charge in [-0.25, -0.2) is 8.42 Å². The van der Waals surface area contributed by atoms with Gasteiger partial charge in [-0.2, -0.15) is 4.31 Å². The topological polar surface area (TPSA) is 63.4 Å². The van der Waals surface area contributed by atoms with Crippen molar-refractivity contribution in [3.05, 3.63) is 48.0 Å². The molecule has 0 spiro atoms. The van der Waals surface area contributed by atoms with E-state index in [1.54, 1.807) is 12.3 Å². The van der Waals surface area contributed by atoms with Crippen molar-refractivity contribution in [3.8, 4) is 0 Å². The van der Waals surface area contributed by atoms with E-state index < -0.39 is 10.0 Å². The quantitative estimate of drug-likeness (QED) is 0.871. The van der Waals surface area contributed by atoms with Gasteiger partial charge >= 0.3 is 0 Å². The van der Waals surface area contributed by atoms with Crippen molar-refractivity contribution in [2.45, 2.75) is 37.3 Å². The molecule has 0 fully saturated rings. The summed E-state index contributed by atoms with van der Waals surface area (Å²) in [6, 6.07) is 6.80. The molecule has 2 aromatic rings. The van der Waals surface area contributed by atoms with Gasteiger partial charge in [0, 0.05) is 12.7 Å². The molecule has 0 aliphatic heterocycles. The third kappa shape index (κ3) is 2.49. The van der Waals surface area contributed by atoms with Crippen LogP contribution in [0.25, 0.3) is 0 Å². The molecule has 2 aromatic heterocycles. The lowest BCUT2D eigenvalue weighted by Gasteiger charge is -2.32. The Hall–Kier alpha value is -1.66. The third-order valence-electron chi connectivity index (χ3n) is 3.88. The minimum Gasteiger partial charge on any atom is -0.452 e. The second-order valence-corrected chi connectivity index (χ2v) is 6.92. The first-order valence-corrected chi connectivity index (χ1v) is 8.57. The SMILES string of the molecule is CCN([C@@H]1CCCc2cccnc21)S(=O)(=O)c1ccco1. The molecule has 0 N–H and O–H groups in total. The van der Waals surface area contributed by atoms with Gasteiger partial charge < -0.3 is 4.42 Å². The summed E-state index contributed by atoms with van der Waals surface area (Å²) in [5, 5.41) is -0.00703. The number of fused-ring (bicyclic) bond motifs is 1. The maximum absolute atomic E-state index is 12.7. The number of furan rings is 1. The van der Waals surface area contributed by atoms with Gasteiger partial charge in [0.15, 0.2) is 0 Å². The fourth-order valence-corrected chi connectivity index (χ4v) is 4.49. The van der Waals surface area contributed by atoms with Gasteiger partial charge in [0.1, 0.15) is 0 Å². The van der Waals surface area contributed by atoms with Crippen LogP contribution in [0.15, 0.2) is 46.2 Å². The Morgan fingerprint density at radius 2 is 2.24 bits per heavy atom. The minimum atomic E-state index is -3.62. The van der Waals surface area contributed by atoms with Crippen LogP contribution in [0.2, 0.25) is 0 Å². The van der Waals surface area contributed by atoms with E-state index in [9.17, 15) is 8.42 Å². The number of aryl methyl sites for hydroxylation is 1. The summed E-state index contributed by atoms with van der Waals surface area (Å²) >= 11 is 0. The molecule has 21 heavy (non-hydrogen) atoms. The van der Waals surface area contributed by atoms with E-state index in [1.807, 2.05) is 19.1 Å². The van der Waals surface area contributed by atoms with Gasteiger partial charge in [-0.15, -0.1) is 0 Å². The maximum atomic E-state index is 12.7. The summed E-state index contributed by atoms with van der Waals surface area (Å²) in [5.74, 6) is 0. The van der Waals surface area contributed by atoms with Crippen LogP contribution in [0.1, 0.15) is 37.1 Å². The Morgan fingerprint density at radius 3 is 2.95 bits per heavy atom. The highest BCUT2D eigenvalue weighted by atomic mass is 32.2. The molecule has 6 heteroatoms. The molecule has 0 unspecified atom stereocenters. The van der Waals surface area contributed by atoms with Gasteiger partial charge in [-0.1, -0.05) is 13.0 Å². The van der Waals surface area contributed by atoms with Gasteiger partial charge in [0.2, 0.25) is 5.09 Å². The van der Waals surface area contributed by atoms with Gasteiger partial charge in [0.25, 0.3) is 10.0 Å². The minimum absolute atomic E-state index is 0.00703. The van der Waals surface area contributed by atoms with Crippen molar-refractivity contribution in [1.29, 1.82) is 0 Å². The predicted octanol–water partition coefficient (Wildman–Crippen LogP) is 2.76. The molecule has 0 saturated heterocycles. The monoisotopic (exact) mass is 306 g/mol. The molecule has 5 nitrogen and oxygen atoms in total. The lowest BCUT2D eigenvalue weighted by Crippen LogP contribution is -2.36. The van der Waals surface area contributed by atoms with Crippen molar-refractivity contribution in [2.75, 3.05) is 6.54 Å². The second kappa shape index (κ2) is 5.61. The Morgan fingerprint density at radius 1 is 1.38 bits per heavy atom. The van der Waals surface area contributed by atoms with Crippen LogP contribution in [0.5, 0.6) is 0 Å². The summed E-state index contributed by atoms with van der Waals surface area (Å²) in [4.78, 5) is 4.43. The zero-order valence-corrected chi connectivity index (χ0v) is 12.7. The highest BCUT2D eigenvalue weighted by molar-refractivity contribution is 7.89. The first-order chi connectivity index (χ1) is 10.1. The lowest BCUT2D eigenvalue weighted by atomic mass is 9.92. The molecule has 0 aromatic carbocycles. The zero-order chi connectivity index (χ0) is 14.9. The maximum Gasteiger partial charge on any atom is 0.277 e. The summed E-state index contributed by atoms with van der Waals surface area (Å²) < 4.78 is 32.1. The van der Waals surface area contributed by atoms with E-state index >= 15 is 0 Å². The zero-order valence-electron chi connectivity index (χ0n) is 11.9. The molecule has 1 aliphatic carbocycles. The highest BCUT2D eigenvalue weighted by Gasteiger charge is 2.36. The first-order valence-electron chi connectivity index (χ1n) is 7.13. The molecule has 1 atom stereocenters. The Kier molecular flexibility index (Phi) is 3.82. The fourth-order valence-electron chi connectivity index (χ4n) is 2.95. The average molecular weight is 306 g/mol. The average Bonchev–Trinajstić information content (AvgIpc) is 3.03. The van der Waals surface area contributed by atoms with E-state index in [4.69, 9.17) is 4.42 Å². The standard InChI is InChI=1S/C15H18N2O3S/c1-2-17(21(18,19)14-9-5-11-20-14)13-8-3-6-12-7-4-10-16-15(12)13/h4-5,7,9-11,13H,2-3,6,8H2,1H3/t13-/m1/s1. The molecule has 0 saturated carbocycles. The molecule has 2 heterocycles. The molecule has 0 bridgehead atoms. The van der Waals surface area contributed by atoms with E-state index in [2.05, 4.69) is 4.98 Å². The number of hydrogen-bond donors (Lipinski definition) is 0. The summed E-state index contributed by atoms with van der Waals surface area (Å²) in [6.07, 6.45) is 5.82. The van der Waals surface area contributed by atoms with Crippen molar-refractivity contribution in [3.63, 3.8) is 0 Å². The van der Waals surface area contributed by atoms with E-state index in [0.29, 0.717) is 6.54 Å². The van der Waals surface area contributed by atoms with E-state index in [0.717, 1.165) is 30.5 Å². The van der Waals surface area contributed by atoms with Crippen molar-refractivity contribution < 1.29 is 12.8 Å². The molecular formula is C15H18N2O3S. The number of pyridine rings is 1. The lowest BCUT2D eigenvalue weighted by molar-refractivity contribution is 0.289. The van der Waals surface area contributed by atoms with Crippen molar-refractivity contribution in [1.82, 2.24) is 9.29 Å². The van der Waals surface area contributed by atoms with Crippen LogP contribution < -0.4 is 0 Å². The number of aromatic nitrogens is 1. The van der Waals surface area contributed by atoms with Crippen LogP contribution >= 0.6 is 0 Å². The molecule has 0 amide bonds. The van der Waals surface area contributed by atoms with Crippen molar-refractivity contribution >= 4 is 10.0 Å². The number of nitrogens with zero attached hydrogens (tertiary/aromatic N) is 2. The Labute approximate surface area is 124 Å². The van der Waals surface area contributed by atoms with Crippen molar-refractivity contribution in [2.24, 2.45) is 0 Å². The van der Waals surface area contributed by atoms with E-state index in [1.165, 1.54) is 16.6 Å². The summed E-state index contributed by atoms with van der Waals surface area (Å²) in [5.41, 5.74) is 2.02. The van der Waals surface area contributed by atoms with Crippen LogP contribution in [0.4, 0.5) is 0 Å². The third-order valence-corrected chi connectivity index (χ3v) is 5.75. The summed E-state index contributed by atoms with van der Waals surface area (Å²) in [7, 11) is -3.62. The van der Waals surface area contributed by atoms with Crippen LogP contribution in [0.3, 0.4) is 0 Å². The number of sulfonamides is 1. The largest absolute Gasteiger partial charge is 0.452 e. The molecule has 0 radical (unpaired) electrons. The number of rotatable bonds is 4.